The van der Waals surface area contributed by atoms with E-state index in [-0.39, 0.29) is 0 Å². The molecule has 0 amide bonds. The number of carbonyl (C=O) groups excluding carboxylic acids is 2. The lowest BCUT2D eigenvalue weighted by molar-refractivity contribution is -0.138. The van der Waals surface area contributed by atoms with Crippen molar-refractivity contribution in [3.63, 3.8) is 0 Å². The molecule has 0 unspecified atom stereocenters. The summed E-state index contributed by atoms with van der Waals surface area (Å²) >= 11 is 0. The van der Waals surface area contributed by atoms with Crippen molar-refractivity contribution in [1.29, 1.82) is 0 Å². The summed E-state index contributed by atoms with van der Waals surface area (Å²) in [6.45, 7) is 0. The summed E-state index contributed by atoms with van der Waals surface area (Å²) in [5, 5.41) is 22.0. The second-order valence-corrected chi connectivity index (χ2v) is 5.67. The maximum atomic E-state index is 10.7. The molecule has 0 aliphatic rings. The van der Waals surface area contributed by atoms with Crippen molar-refractivity contribution in [2.45, 2.75) is 18.3 Å². The van der Waals surface area contributed by atoms with Crippen LogP contribution in [0, 0.1) is 0 Å². The number of aliphatic hydroxyl groups is 3. The number of hydrogen-bond acceptors (Lipinski definition) is 9. The van der Waals surface area contributed by atoms with Gasteiger partial charge in [0.05, 0.1) is 0 Å². The van der Waals surface area contributed by atoms with Crippen LogP contribution in [0.2, 0.25) is 0 Å². The van der Waals surface area contributed by atoms with Crippen LogP contribution in [-0.2, 0) is 29.8 Å². The quantitative estimate of drug-likeness (QED) is 0.315. The number of rotatable bonds is 4. The topological polar surface area (TPSA) is 204 Å². The molecule has 18 heavy (non-hydrogen) atoms. The van der Waals surface area contributed by atoms with E-state index in [9.17, 15) is 26.4 Å². The summed E-state index contributed by atoms with van der Waals surface area (Å²) < 4.78 is 57.5. The minimum absolute atomic E-state index is 2.36. The first-order valence-electron chi connectivity index (χ1n) is 3.87. The minimum Gasteiger partial charge on any atom is -0.387 e. The van der Waals surface area contributed by atoms with Crippen LogP contribution in [0.3, 0.4) is 0 Å². The SMILES string of the molecule is O=C([C@@H](O)[C@H](O)[C@@H](O)C(=O)S(=O)(=O)O)S(=O)(=O)O. The Hall–Kier alpha value is -0.960. The van der Waals surface area contributed by atoms with Gasteiger partial charge in [0, 0.05) is 0 Å². The van der Waals surface area contributed by atoms with Crippen LogP contribution in [0.5, 0.6) is 0 Å². The van der Waals surface area contributed by atoms with Crippen molar-refractivity contribution in [3.05, 3.63) is 0 Å². The van der Waals surface area contributed by atoms with Crippen LogP contribution in [0.1, 0.15) is 0 Å². The highest BCUT2D eigenvalue weighted by Gasteiger charge is 2.42. The Morgan fingerprint density at radius 1 is 0.722 bits per heavy atom. The van der Waals surface area contributed by atoms with E-state index in [1.807, 2.05) is 0 Å². The fourth-order valence-electron chi connectivity index (χ4n) is 0.757. The first kappa shape index (κ1) is 17.0. The zero-order valence-corrected chi connectivity index (χ0v) is 9.87. The normalized spacial score (nSPS) is 17.8. The third-order valence-corrected chi connectivity index (χ3v) is 3.14. The fraction of sp³-hybridized carbons (Fsp3) is 0.600. The summed E-state index contributed by atoms with van der Waals surface area (Å²) in [6.07, 6.45) is -8.85. The van der Waals surface area contributed by atoms with Crippen molar-refractivity contribution in [2.24, 2.45) is 0 Å². The van der Waals surface area contributed by atoms with Crippen molar-refractivity contribution < 1.29 is 50.8 Å². The number of aliphatic hydroxyl groups excluding tert-OH is 3. The third kappa shape index (κ3) is 4.05. The van der Waals surface area contributed by atoms with Gasteiger partial charge in [0.25, 0.3) is 0 Å². The molecule has 106 valence electrons. The van der Waals surface area contributed by atoms with Gasteiger partial charge in [-0.1, -0.05) is 0 Å². The van der Waals surface area contributed by atoms with Gasteiger partial charge in [-0.25, -0.2) is 0 Å². The summed E-state index contributed by atoms with van der Waals surface area (Å²) in [6, 6.07) is 0. The van der Waals surface area contributed by atoms with Crippen LogP contribution in [0.4, 0.5) is 0 Å². The second-order valence-electron chi connectivity index (χ2n) is 2.97. The summed E-state index contributed by atoms with van der Waals surface area (Å²) in [4.78, 5) is 21.4. The van der Waals surface area contributed by atoms with Crippen LogP contribution >= 0.6 is 0 Å². The molecule has 0 spiro atoms. The summed E-state index contributed by atoms with van der Waals surface area (Å²) in [5.41, 5.74) is 0. The molecule has 5 N–H and O–H groups in total. The molecule has 0 fully saturated rings. The zero-order chi connectivity index (χ0) is 14.9. The van der Waals surface area contributed by atoms with Crippen LogP contribution in [0.15, 0.2) is 0 Å². The van der Waals surface area contributed by atoms with Gasteiger partial charge in [0.2, 0.25) is 0 Å². The van der Waals surface area contributed by atoms with E-state index in [0.717, 1.165) is 0 Å². The number of carbonyl (C=O) groups is 2. The molecule has 0 aliphatic carbocycles. The Balaban J connectivity index is 5.15. The third-order valence-electron chi connectivity index (χ3n) is 1.64. The van der Waals surface area contributed by atoms with Crippen molar-refractivity contribution in [1.82, 2.24) is 0 Å². The minimum atomic E-state index is -5.43. The van der Waals surface area contributed by atoms with Crippen molar-refractivity contribution in [3.8, 4) is 0 Å². The van der Waals surface area contributed by atoms with Crippen molar-refractivity contribution in [2.75, 3.05) is 0 Å². The van der Waals surface area contributed by atoms with Gasteiger partial charge in [0.1, 0.15) is 6.10 Å². The average molecular weight is 308 g/mol. The van der Waals surface area contributed by atoms with E-state index >= 15 is 0 Å². The molecule has 0 aromatic carbocycles. The Labute approximate surface area is 100 Å². The van der Waals surface area contributed by atoms with E-state index in [1.165, 1.54) is 0 Å². The van der Waals surface area contributed by atoms with E-state index in [2.05, 4.69) is 0 Å². The molecule has 0 heterocycles. The highest BCUT2D eigenvalue weighted by molar-refractivity contribution is 8.01. The molecule has 0 saturated carbocycles. The molecule has 0 aromatic rings. The lowest BCUT2D eigenvalue weighted by Crippen LogP contribution is -2.49. The van der Waals surface area contributed by atoms with Gasteiger partial charge in [-0.3, -0.25) is 18.7 Å². The Bertz CT molecular complexity index is 492. The van der Waals surface area contributed by atoms with Gasteiger partial charge in [-0.2, -0.15) is 16.8 Å². The van der Waals surface area contributed by atoms with Gasteiger partial charge in [0.15, 0.2) is 12.2 Å². The molecule has 0 rings (SSSR count). The summed E-state index contributed by atoms with van der Waals surface area (Å²) in [7, 11) is -10.9. The smallest absolute Gasteiger partial charge is 0.331 e. The largest absolute Gasteiger partial charge is 0.387 e. The van der Waals surface area contributed by atoms with E-state index in [0.29, 0.717) is 0 Å². The van der Waals surface area contributed by atoms with Gasteiger partial charge in [-0.05, 0) is 0 Å². The van der Waals surface area contributed by atoms with E-state index in [1.54, 1.807) is 0 Å². The molecule has 0 saturated heterocycles. The molecule has 11 nitrogen and oxygen atoms in total. The van der Waals surface area contributed by atoms with E-state index in [4.69, 9.17) is 24.4 Å². The molecule has 3 atom stereocenters. The average Bonchev–Trinajstić information content (AvgIpc) is 2.21. The maximum Gasteiger partial charge on any atom is 0.331 e. The van der Waals surface area contributed by atoms with Gasteiger partial charge >= 0.3 is 30.5 Å². The molecular formula is C5H8O11S2. The molecule has 0 bridgehead atoms. The Kier molecular flexibility index (Phi) is 5.07. The van der Waals surface area contributed by atoms with E-state index < -0.39 is 48.8 Å². The first-order valence-corrected chi connectivity index (χ1v) is 6.75. The molecule has 0 aliphatic heterocycles. The van der Waals surface area contributed by atoms with Crippen LogP contribution in [0.25, 0.3) is 0 Å². The van der Waals surface area contributed by atoms with Gasteiger partial charge in [-0.15, -0.1) is 0 Å². The van der Waals surface area contributed by atoms with Crippen LogP contribution < -0.4 is 0 Å². The maximum absolute atomic E-state index is 10.7. The first-order chi connectivity index (χ1) is 7.80. The highest BCUT2D eigenvalue weighted by Crippen LogP contribution is 2.08. The lowest BCUT2D eigenvalue weighted by atomic mass is 10.1. The summed E-state index contributed by atoms with van der Waals surface area (Å²) in [5.74, 6) is 0. The predicted octanol–water partition coefficient (Wildman–Crippen LogP) is -4.10. The fourth-order valence-corrected chi connectivity index (χ4v) is 1.65. The lowest BCUT2D eigenvalue weighted by Gasteiger charge is -2.18. The molecule has 0 aromatic heterocycles. The molecule has 13 heteroatoms. The van der Waals surface area contributed by atoms with Gasteiger partial charge < -0.3 is 15.3 Å². The monoisotopic (exact) mass is 308 g/mol. The highest BCUT2D eigenvalue weighted by atomic mass is 32.2. The second kappa shape index (κ2) is 5.35. The Morgan fingerprint density at radius 3 is 1.11 bits per heavy atom. The number of hydrogen-bond donors (Lipinski definition) is 5. The zero-order valence-electron chi connectivity index (χ0n) is 8.23. The predicted molar refractivity (Wildman–Crippen MR) is 51.1 cm³/mol. The van der Waals surface area contributed by atoms with Crippen molar-refractivity contribution >= 4 is 30.5 Å². The molecular weight excluding hydrogens is 300 g/mol. The molecule has 0 radical (unpaired) electrons. The standard InChI is InChI=1S/C5H8O11S2/c6-1(2(7)4(9)17(11,12)13)3(8)5(10)18(14,15)16/h1-3,6-8H,(H,11,12,13)(H,14,15,16)/t1-,2-,3+. The van der Waals surface area contributed by atoms with Crippen LogP contribution in [-0.4, -0.2) is 69.8 Å². The Morgan fingerprint density at radius 2 is 0.944 bits per heavy atom.